The van der Waals surface area contributed by atoms with Gasteiger partial charge in [0.1, 0.15) is 6.33 Å². The minimum Gasteiger partial charge on any atom is -0.382 e. The quantitative estimate of drug-likeness (QED) is 0.564. The van der Waals surface area contributed by atoms with Crippen LogP contribution in [0.2, 0.25) is 0 Å². The third kappa shape index (κ3) is 0.744. The molecule has 2 N–H and O–H groups in total. The first-order valence-corrected chi connectivity index (χ1v) is 3.28. The van der Waals surface area contributed by atoms with Gasteiger partial charge in [-0.15, -0.1) is 0 Å². The summed E-state index contributed by atoms with van der Waals surface area (Å²) in [7, 11) is 1.52. The van der Waals surface area contributed by atoms with Gasteiger partial charge >= 0.3 is 0 Å². The van der Waals surface area contributed by atoms with E-state index in [1.54, 1.807) is 0 Å². The number of aryl methyl sites for hydroxylation is 1. The second-order valence-corrected chi connectivity index (χ2v) is 2.37. The summed E-state index contributed by atoms with van der Waals surface area (Å²) in [6.07, 6.45) is 0.663. The number of rotatable bonds is 0. The minimum absolute atomic E-state index is 0.194. The minimum atomic E-state index is -0.614. The van der Waals surface area contributed by atoms with Crippen LogP contribution >= 0.6 is 0 Å². The van der Waals surface area contributed by atoms with Crippen LogP contribution in [0, 0.1) is 6.08 Å². The zero-order chi connectivity index (χ0) is 8.72. The van der Waals surface area contributed by atoms with Gasteiger partial charge in [0, 0.05) is 7.05 Å². The summed E-state index contributed by atoms with van der Waals surface area (Å²) in [6.45, 7) is 0. The monoisotopic (exact) mass is 167 g/mol. The largest absolute Gasteiger partial charge is 0.382 e. The molecule has 0 radical (unpaired) electrons. The molecule has 2 aromatic rings. The summed E-state index contributed by atoms with van der Waals surface area (Å²) in [5.74, 6) is 0.194. The fourth-order valence-corrected chi connectivity index (χ4v) is 0.990. The number of fused-ring (bicyclic) bond motifs is 1. The Balaban J connectivity index is 2.95. The summed E-state index contributed by atoms with van der Waals surface area (Å²) in [4.78, 5) is 11.1. The molecule has 6 heteroatoms. The molecular formula is C6H6FN5. The van der Waals surface area contributed by atoms with Gasteiger partial charge in [-0.25, -0.2) is 9.97 Å². The fraction of sp³-hybridized carbons (Fsp3) is 0.167. The van der Waals surface area contributed by atoms with Crippen molar-refractivity contribution in [1.82, 2.24) is 19.5 Å². The molecule has 12 heavy (non-hydrogen) atoms. The Morgan fingerprint density at radius 2 is 2.25 bits per heavy atom. The summed E-state index contributed by atoms with van der Waals surface area (Å²) in [6, 6.07) is 0. The summed E-state index contributed by atoms with van der Waals surface area (Å²) >= 11 is 0. The van der Waals surface area contributed by atoms with Gasteiger partial charge in [0.05, 0.1) is 0 Å². The number of nitrogens with two attached hydrogens (primary N) is 1. The van der Waals surface area contributed by atoms with Crippen LogP contribution in [0.1, 0.15) is 0 Å². The fourth-order valence-electron chi connectivity index (χ4n) is 0.990. The van der Waals surface area contributed by atoms with Crippen LogP contribution in [0.25, 0.3) is 11.2 Å². The number of hydrogen-bond donors (Lipinski definition) is 1. The van der Waals surface area contributed by atoms with E-state index in [2.05, 4.69) is 15.0 Å². The van der Waals surface area contributed by atoms with Crippen LogP contribution in [0.4, 0.5) is 10.2 Å². The highest BCUT2D eigenvalue weighted by atomic mass is 19.1. The summed E-state index contributed by atoms with van der Waals surface area (Å²) in [5, 5.41) is 0. The zero-order valence-electron chi connectivity index (χ0n) is 6.32. The Morgan fingerprint density at radius 3 is 2.92 bits per heavy atom. The lowest BCUT2D eigenvalue weighted by Crippen LogP contribution is -1.95. The standard InChI is InChI=1S/C6H6FN5/c1-12-5-3(11-6(12)7)4(8)9-2-10-5/h2H,1H3,(H2,8,9,10). The molecule has 2 aromatic heterocycles. The first-order chi connectivity index (χ1) is 5.70. The molecule has 0 unspecified atom stereocenters. The van der Waals surface area contributed by atoms with Gasteiger partial charge in [-0.1, -0.05) is 0 Å². The molecule has 0 amide bonds. The molecule has 0 bridgehead atoms. The van der Waals surface area contributed by atoms with Crippen molar-refractivity contribution in [2.75, 3.05) is 5.73 Å². The number of imidazole rings is 1. The molecule has 0 aliphatic carbocycles. The van der Waals surface area contributed by atoms with E-state index in [9.17, 15) is 4.39 Å². The normalized spacial score (nSPS) is 10.8. The van der Waals surface area contributed by atoms with E-state index in [0.29, 0.717) is 11.2 Å². The number of hydrogen-bond acceptors (Lipinski definition) is 4. The van der Waals surface area contributed by atoms with Crippen molar-refractivity contribution in [3.8, 4) is 0 Å². The second kappa shape index (κ2) is 2.13. The Labute approximate surface area is 67.1 Å². The van der Waals surface area contributed by atoms with E-state index in [4.69, 9.17) is 5.73 Å². The molecule has 0 aliphatic heterocycles. The first kappa shape index (κ1) is 6.96. The molecule has 0 aliphatic rings. The first-order valence-electron chi connectivity index (χ1n) is 3.28. The third-order valence-corrected chi connectivity index (χ3v) is 1.63. The smallest absolute Gasteiger partial charge is 0.291 e. The van der Waals surface area contributed by atoms with Gasteiger partial charge < -0.3 is 5.73 Å². The van der Waals surface area contributed by atoms with Crippen molar-refractivity contribution in [2.24, 2.45) is 7.05 Å². The highest BCUT2D eigenvalue weighted by Crippen LogP contribution is 2.14. The lowest BCUT2D eigenvalue weighted by molar-refractivity contribution is 0.506. The number of aromatic nitrogens is 4. The maximum absolute atomic E-state index is 12.8. The molecule has 2 rings (SSSR count). The summed E-state index contributed by atoms with van der Waals surface area (Å²) in [5.41, 5.74) is 6.15. The predicted octanol–water partition coefficient (Wildman–Crippen LogP) is 0.0846. The maximum atomic E-state index is 12.8. The van der Waals surface area contributed by atoms with Crippen LogP contribution in [-0.2, 0) is 7.05 Å². The molecule has 2 heterocycles. The Kier molecular flexibility index (Phi) is 1.24. The highest BCUT2D eigenvalue weighted by Gasteiger charge is 2.10. The van der Waals surface area contributed by atoms with Gasteiger partial charge in [-0.2, -0.15) is 9.37 Å². The predicted molar refractivity (Wildman–Crippen MR) is 40.7 cm³/mol. The average molecular weight is 167 g/mol. The molecule has 0 saturated carbocycles. The van der Waals surface area contributed by atoms with Crippen molar-refractivity contribution in [3.63, 3.8) is 0 Å². The molecule has 5 nitrogen and oxygen atoms in total. The lowest BCUT2D eigenvalue weighted by Gasteiger charge is -1.93. The average Bonchev–Trinajstić information content (AvgIpc) is 2.32. The SMILES string of the molecule is Cn1c(F)nc2c(N)ncnc21. The number of nitrogens with zero attached hydrogens (tertiary/aromatic N) is 4. The Hall–Kier alpha value is -1.72. The van der Waals surface area contributed by atoms with E-state index in [1.165, 1.54) is 17.9 Å². The van der Waals surface area contributed by atoms with Crippen LogP contribution in [0.15, 0.2) is 6.33 Å². The van der Waals surface area contributed by atoms with Gasteiger partial charge in [0.2, 0.25) is 0 Å². The second-order valence-electron chi connectivity index (χ2n) is 2.37. The molecule has 0 spiro atoms. The van der Waals surface area contributed by atoms with E-state index in [-0.39, 0.29) is 5.82 Å². The molecule has 0 aromatic carbocycles. The number of halogens is 1. The van der Waals surface area contributed by atoms with Gasteiger partial charge in [-0.05, 0) is 0 Å². The molecular weight excluding hydrogens is 161 g/mol. The molecule has 62 valence electrons. The van der Waals surface area contributed by atoms with Gasteiger partial charge in [0.15, 0.2) is 17.0 Å². The van der Waals surface area contributed by atoms with Gasteiger partial charge in [0.25, 0.3) is 6.08 Å². The van der Waals surface area contributed by atoms with Crippen molar-refractivity contribution in [1.29, 1.82) is 0 Å². The van der Waals surface area contributed by atoms with Crippen molar-refractivity contribution in [2.45, 2.75) is 0 Å². The summed E-state index contributed by atoms with van der Waals surface area (Å²) < 4.78 is 14.1. The Bertz CT molecular complexity index is 435. The van der Waals surface area contributed by atoms with E-state index < -0.39 is 6.08 Å². The lowest BCUT2D eigenvalue weighted by atomic mass is 10.5. The van der Waals surface area contributed by atoms with Crippen molar-refractivity contribution < 1.29 is 4.39 Å². The highest BCUT2D eigenvalue weighted by molar-refractivity contribution is 5.81. The van der Waals surface area contributed by atoms with Crippen LogP contribution in [-0.4, -0.2) is 19.5 Å². The molecule has 0 atom stereocenters. The number of anilines is 1. The number of nitrogen functional groups attached to an aromatic ring is 1. The van der Waals surface area contributed by atoms with Crippen molar-refractivity contribution in [3.05, 3.63) is 12.4 Å². The third-order valence-electron chi connectivity index (χ3n) is 1.63. The van der Waals surface area contributed by atoms with Crippen LogP contribution in [0.5, 0.6) is 0 Å². The van der Waals surface area contributed by atoms with Crippen LogP contribution < -0.4 is 5.73 Å². The van der Waals surface area contributed by atoms with E-state index in [1.807, 2.05) is 0 Å². The Morgan fingerprint density at radius 1 is 1.50 bits per heavy atom. The van der Waals surface area contributed by atoms with E-state index >= 15 is 0 Å². The molecule has 0 saturated heterocycles. The van der Waals surface area contributed by atoms with E-state index in [0.717, 1.165) is 0 Å². The maximum Gasteiger partial charge on any atom is 0.291 e. The van der Waals surface area contributed by atoms with Crippen LogP contribution in [0.3, 0.4) is 0 Å². The topological polar surface area (TPSA) is 69.6 Å². The zero-order valence-corrected chi connectivity index (χ0v) is 6.32. The van der Waals surface area contributed by atoms with Gasteiger partial charge in [-0.3, -0.25) is 4.57 Å². The molecule has 0 fully saturated rings. The van der Waals surface area contributed by atoms with Crippen molar-refractivity contribution >= 4 is 17.0 Å².